The average molecular weight is 615 g/mol. The van der Waals surface area contributed by atoms with Crippen molar-refractivity contribution < 1.29 is 33.6 Å². The van der Waals surface area contributed by atoms with Crippen LogP contribution in [0.3, 0.4) is 0 Å². The number of halogens is 1. The van der Waals surface area contributed by atoms with Gasteiger partial charge in [0.15, 0.2) is 22.9 Å². The second-order valence-electron chi connectivity index (χ2n) is 9.45. The zero-order valence-electron chi connectivity index (χ0n) is 23.8. The first kappa shape index (κ1) is 30.9. The van der Waals surface area contributed by atoms with Crippen LogP contribution < -0.4 is 29.1 Å². The van der Waals surface area contributed by atoms with Gasteiger partial charge in [-0.2, -0.15) is 0 Å². The molecule has 1 aromatic heterocycles. The first-order chi connectivity index (χ1) is 20.0. The number of carboxylic acids is 1. The third-order valence-corrected chi connectivity index (χ3v) is 7.33. The molecule has 10 nitrogen and oxygen atoms in total. The number of allylic oxidation sites excluding steroid dienone is 1. The van der Waals surface area contributed by atoms with E-state index in [4.69, 9.17) is 35.7 Å². The summed E-state index contributed by atoms with van der Waals surface area (Å²) in [5, 5.41) is 9.14. The number of nitrogens with zero attached hydrogens (tertiary/aromatic N) is 2. The second-order valence-corrected chi connectivity index (χ2v) is 10.9. The van der Waals surface area contributed by atoms with Crippen LogP contribution >= 0.6 is 22.9 Å². The number of carbonyl (C=O) groups is 2. The molecule has 3 aromatic rings. The highest BCUT2D eigenvalue weighted by Crippen LogP contribution is 2.38. The van der Waals surface area contributed by atoms with Gasteiger partial charge in [-0.25, -0.2) is 14.6 Å². The maximum absolute atomic E-state index is 14.0. The molecule has 0 aliphatic carbocycles. The highest BCUT2D eigenvalue weighted by molar-refractivity contribution is 7.07. The maximum Gasteiger partial charge on any atom is 0.341 e. The van der Waals surface area contributed by atoms with E-state index in [9.17, 15) is 14.4 Å². The molecule has 2 aromatic carbocycles. The number of hydrogen-bond acceptors (Lipinski definition) is 9. The first-order valence-electron chi connectivity index (χ1n) is 13.3. The number of aromatic nitrogens is 1. The number of rotatable bonds is 11. The van der Waals surface area contributed by atoms with Gasteiger partial charge in [0, 0.05) is 5.56 Å². The lowest BCUT2D eigenvalue weighted by atomic mass is 9.95. The third kappa shape index (κ3) is 6.52. The van der Waals surface area contributed by atoms with E-state index in [-0.39, 0.29) is 47.0 Å². The van der Waals surface area contributed by atoms with Crippen LogP contribution in [-0.2, 0) is 14.3 Å². The van der Waals surface area contributed by atoms with Crippen molar-refractivity contribution in [1.82, 2.24) is 4.57 Å². The third-order valence-electron chi connectivity index (χ3n) is 6.06. The van der Waals surface area contributed by atoms with Crippen molar-refractivity contribution in [3.8, 4) is 17.2 Å². The van der Waals surface area contributed by atoms with Crippen LogP contribution in [0.4, 0.5) is 0 Å². The molecular formula is C30H31ClN2O8S. The minimum atomic E-state index is -1.16. The van der Waals surface area contributed by atoms with Crippen molar-refractivity contribution in [1.29, 1.82) is 0 Å². The Morgan fingerprint density at radius 1 is 1.14 bits per heavy atom. The fourth-order valence-corrected chi connectivity index (χ4v) is 5.83. The largest absolute Gasteiger partial charge is 0.491 e. The lowest BCUT2D eigenvalue weighted by Gasteiger charge is -2.26. The fraction of sp³-hybridized carbons (Fsp3) is 0.333. The number of ether oxygens (including phenoxy) is 4. The lowest BCUT2D eigenvalue weighted by Crippen LogP contribution is -2.40. The molecule has 0 unspecified atom stereocenters. The van der Waals surface area contributed by atoms with Crippen LogP contribution in [-0.4, -0.2) is 47.5 Å². The van der Waals surface area contributed by atoms with Crippen LogP contribution in [0.15, 0.2) is 57.5 Å². The number of thiazole rings is 1. The van der Waals surface area contributed by atoms with E-state index in [1.165, 1.54) is 4.57 Å². The van der Waals surface area contributed by atoms with Gasteiger partial charge in [0.2, 0.25) is 0 Å². The summed E-state index contributed by atoms with van der Waals surface area (Å²) in [7, 11) is 0. The molecule has 0 radical (unpaired) electrons. The number of aliphatic carboxylic acids is 1. The predicted molar refractivity (Wildman–Crippen MR) is 158 cm³/mol. The van der Waals surface area contributed by atoms with Gasteiger partial charge in [0.05, 0.1) is 40.1 Å². The maximum atomic E-state index is 14.0. The van der Waals surface area contributed by atoms with Crippen LogP contribution in [0, 0.1) is 0 Å². The Morgan fingerprint density at radius 3 is 2.55 bits per heavy atom. The Hall–Kier alpha value is -4.09. The van der Waals surface area contributed by atoms with Gasteiger partial charge >= 0.3 is 11.9 Å². The lowest BCUT2D eigenvalue weighted by molar-refractivity contribution is -0.140. The van der Waals surface area contributed by atoms with E-state index in [2.05, 4.69) is 4.99 Å². The van der Waals surface area contributed by atoms with Gasteiger partial charge in [-0.1, -0.05) is 41.1 Å². The summed E-state index contributed by atoms with van der Waals surface area (Å²) in [4.78, 5) is 43.3. The molecule has 0 bridgehead atoms. The summed E-state index contributed by atoms with van der Waals surface area (Å²) < 4.78 is 24.2. The van der Waals surface area contributed by atoms with Crippen LogP contribution in [0.1, 0.15) is 51.8 Å². The number of para-hydroxylation sites is 1. The van der Waals surface area contributed by atoms with E-state index >= 15 is 0 Å². The summed E-state index contributed by atoms with van der Waals surface area (Å²) in [5.41, 5.74) is 1.46. The molecule has 0 saturated heterocycles. The van der Waals surface area contributed by atoms with Crippen molar-refractivity contribution >= 4 is 41.0 Å². The number of esters is 1. The minimum absolute atomic E-state index is 0.0935. The number of carboxylic acid groups (broad SMARTS) is 1. The van der Waals surface area contributed by atoms with Gasteiger partial charge in [-0.3, -0.25) is 9.36 Å². The molecule has 1 aliphatic rings. The molecule has 0 fully saturated rings. The zero-order valence-corrected chi connectivity index (χ0v) is 25.4. The molecule has 42 heavy (non-hydrogen) atoms. The molecule has 1 aliphatic heterocycles. The summed E-state index contributed by atoms with van der Waals surface area (Å²) in [5.74, 6) is -0.860. The van der Waals surface area contributed by atoms with Gasteiger partial charge in [0.25, 0.3) is 5.56 Å². The summed E-state index contributed by atoms with van der Waals surface area (Å²) >= 11 is 7.59. The molecule has 12 heteroatoms. The molecule has 4 rings (SSSR count). The van der Waals surface area contributed by atoms with Crippen molar-refractivity contribution in [2.24, 2.45) is 4.99 Å². The van der Waals surface area contributed by atoms with Crippen LogP contribution in [0.25, 0.3) is 6.08 Å². The minimum Gasteiger partial charge on any atom is -0.491 e. The number of hydrogen-bond donors (Lipinski definition) is 1. The SMILES string of the molecule is CCOC(=O)C1=C(C)N=c2s/c(=C/c3cc(Cl)c(OCC(=O)O)c(OCC)c3)c(=O)n2[C@H]1c1ccccc1OC(C)C. The van der Waals surface area contributed by atoms with Crippen LogP contribution in [0.5, 0.6) is 17.2 Å². The Morgan fingerprint density at radius 2 is 1.88 bits per heavy atom. The van der Waals surface area contributed by atoms with E-state index in [0.29, 0.717) is 31.9 Å². The second kappa shape index (κ2) is 13.3. The number of carbonyl (C=O) groups excluding carboxylic acids is 1. The topological polar surface area (TPSA) is 126 Å². The van der Waals surface area contributed by atoms with Crippen LogP contribution in [0.2, 0.25) is 5.02 Å². The molecule has 1 N–H and O–H groups in total. The van der Waals surface area contributed by atoms with Gasteiger partial charge in [-0.15, -0.1) is 0 Å². The number of fused-ring (bicyclic) bond motifs is 1. The van der Waals surface area contributed by atoms with E-state index in [1.807, 2.05) is 32.0 Å². The van der Waals surface area contributed by atoms with Crippen molar-refractivity contribution in [2.75, 3.05) is 19.8 Å². The molecule has 0 amide bonds. The van der Waals surface area contributed by atoms with Crippen molar-refractivity contribution in [3.05, 3.63) is 83.5 Å². The molecule has 0 spiro atoms. The summed E-state index contributed by atoms with van der Waals surface area (Å²) in [6.45, 7) is 8.83. The van der Waals surface area contributed by atoms with E-state index in [1.54, 1.807) is 45.0 Å². The average Bonchev–Trinajstić information content (AvgIpc) is 3.21. The Bertz CT molecular complexity index is 1720. The standard InChI is InChI=1S/C30H31ClN2O8S/c1-6-38-22-13-18(12-20(31)27(22)40-15-24(34)35)14-23-28(36)33-26(19-10-8-9-11-21(19)41-16(3)4)25(29(37)39-7-2)17(5)32-30(33)42-23/h8-14,16,26H,6-7,15H2,1-5H3,(H,34,35)/b23-14+/t26-/m0/s1. The van der Waals surface area contributed by atoms with Crippen molar-refractivity contribution in [3.63, 3.8) is 0 Å². The molecule has 1 atom stereocenters. The smallest absolute Gasteiger partial charge is 0.341 e. The predicted octanol–water partition coefficient (Wildman–Crippen LogP) is 4.10. The van der Waals surface area contributed by atoms with Gasteiger partial charge < -0.3 is 24.1 Å². The molecule has 222 valence electrons. The highest BCUT2D eigenvalue weighted by atomic mass is 35.5. The quantitative estimate of drug-likeness (QED) is 0.320. The molecular weight excluding hydrogens is 584 g/mol. The Kier molecular flexibility index (Phi) is 9.74. The summed E-state index contributed by atoms with van der Waals surface area (Å²) in [6, 6.07) is 9.60. The van der Waals surface area contributed by atoms with E-state index < -0.39 is 24.6 Å². The summed E-state index contributed by atoms with van der Waals surface area (Å²) in [6.07, 6.45) is 1.49. The Balaban J connectivity index is 1.92. The highest BCUT2D eigenvalue weighted by Gasteiger charge is 2.35. The van der Waals surface area contributed by atoms with Gasteiger partial charge in [0.1, 0.15) is 11.8 Å². The van der Waals surface area contributed by atoms with Gasteiger partial charge in [-0.05, 0) is 64.5 Å². The zero-order chi connectivity index (χ0) is 30.6. The number of benzene rings is 2. The molecule has 2 heterocycles. The molecule has 0 saturated carbocycles. The monoisotopic (exact) mass is 614 g/mol. The van der Waals surface area contributed by atoms with E-state index in [0.717, 1.165) is 11.3 Å². The van der Waals surface area contributed by atoms with Crippen molar-refractivity contribution in [2.45, 2.75) is 46.8 Å². The fourth-order valence-electron chi connectivity index (χ4n) is 4.51. The Labute approximate surface area is 251 Å². The first-order valence-corrected chi connectivity index (χ1v) is 14.5. The normalized spacial score (nSPS) is 14.8.